The maximum atomic E-state index is 0. The van der Waals surface area contributed by atoms with Crippen molar-refractivity contribution in [3.8, 4) is 0 Å². The van der Waals surface area contributed by atoms with Crippen LogP contribution in [0.4, 0.5) is 0 Å². The summed E-state index contributed by atoms with van der Waals surface area (Å²) >= 11 is 0. The van der Waals surface area contributed by atoms with E-state index in [1.54, 1.807) is 0 Å². The summed E-state index contributed by atoms with van der Waals surface area (Å²) in [6.45, 7) is 0. The maximum Gasteiger partial charge on any atom is 2.00 e. The van der Waals surface area contributed by atoms with Gasteiger partial charge >= 0.3 is 48.9 Å². The summed E-state index contributed by atoms with van der Waals surface area (Å²) < 4.78 is 0. The second-order valence-electron chi connectivity index (χ2n) is 0. The van der Waals surface area contributed by atoms with Crippen LogP contribution in [0.1, 0.15) is 0 Å². The largest absolute Gasteiger partial charge is 2.00 e. The third-order valence-electron chi connectivity index (χ3n) is 0. The molecule has 0 amide bonds. The summed E-state index contributed by atoms with van der Waals surface area (Å²) in [5.41, 5.74) is 0. The number of hydrogen-bond donors (Lipinski definition) is 0. The summed E-state index contributed by atoms with van der Waals surface area (Å²) in [4.78, 5) is 0. The molecule has 0 bridgehead atoms. The fourth-order valence-corrected chi connectivity index (χ4v) is 0. The molecule has 5 heavy (non-hydrogen) atoms. The van der Waals surface area contributed by atoms with Crippen LogP contribution < -0.4 is 0 Å². The van der Waals surface area contributed by atoms with Crippen molar-refractivity contribution in [2.24, 2.45) is 0 Å². The molecule has 30 valence electrons. The van der Waals surface area contributed by atoms with E-state index in [1.165, 1.54) is 0 Å². The van der Waals surface area contributed by atoms with Gasteiger partial charge in [0.05, 0.1) is 0 Å². The molecule has 0 fully saturated rings. The van der Waals surface area contributed by atoms with Crippen molar-refractivity contribution in [1.29, 1.82) is 0 Å². The fourth-order valence-electron chi connectivity index (χ4n) is 0. The molecule has 0 rings (SSSR count). The summed E-state index contributed by atoms with van der Waals surface area (Å²) in [6.07, 6.45) is 0. The first-order chi connectivity index (χ1) is 0. The Hall–Kier alpha value is 2.14. The zero-order chi connectivity index (χ0) is 0. The predicted octanol–water partition coefficient (Wildman–Crippen LogP) is -1.56. The average Bonchev–Trinajstić information content (AvgIpc) is 0. The van der Waals surface area contributed by atoms with E-state index < -0.39 is 0 Å². The van der Waals surface area contributed by atoms with Crippen molar-refractivity contribution < 1.29 is 37.5 Å². The molecule has 3 nitrogen and oxygen atoms in total. The number of rotatable bonds is 0. The van der Waals surface area contributed by atoms with Gasteiger partial charge in [0, 0.05) is 21.1 Å². The molecule has 0 heterocycles. The van der Waals surface area contributed by atoms with Gasteiger partial charge in [0.15, 0.2) is 0 Å². The Balaban J connectivity index is 0. The van der Waals surface area contributed by atoms with Crippen LogP contribution in [-0.4, -0.2) is 65.3 Å². The van der Waals surface area contributed by atoms with Gasteiger partial charge in [-0.1, -0.05) is 0 Å². The van der Waals surface area contributed by atoms with Gasteiger partial charge in [-0.05, 0) is 0 Å². The van der Waals surface area contributed by atoms with Crippen molar-refractivity contribution >= 4 is 48.9 Å². The molecule has 0 radical (unpaired) electrons. The van der Waals surface area contributed by atoms with Crippen LogP contribution in [0.3, 0.4) is 0 Å². The van der Waals surface area contributed by atoms with E-state index in [2.05, 4.69) is 0 Å². The van der Waals surface area contributed by atoms with E-state index >= 15 is 0 Å². The van der Waals surface area contributed by atoms with Gasteiger partial charge in [-0.2, -0.15) is 0 Å². The first-order valence-corrected chi connectivity index (χ1v) is 0. The molecule has 5 heteroatoms. The van der Waals surface area contributed by atoms with E-state index in [0.717, 1.165) is 0 Å². The monoisotopic (exact) mass is 288 g/mol. The van der Waals surface area contributed by atoms with Crippen molar-refractivity contribution in [3.05, 3.63) is 0 Å². The van der Waals surface area contributed by atoms with Gasteiger partial charge in [0.2, 0.25) is 0 Å². The van der Waals surface area contributed by atoms with Gasteiger partial charge in [0.25, 0.3) is 0 Å². The molecule has 0 aromatic heterocycles. The van der Waals surface area contributed by atoms with Gasteiger partial charge in [-0.15, -0.1) is 0 Å². The van der Waals surface area contributed by atoms with Gasteiger partial charge in [0.1, 0.15) is 0 Å². The smallest absolute Gasteiger partial charge is 0.870 e. The average molecular weight is 285 g/mol. The first kappa shape index (κ1) is 58.8. The normalized spacial score (nSPS) is 0. The van der Waals surface area contributed by atoms with Gasteiger partial charge < -0.3 is 16.4 Å². The first-order valence-electron chi connectivity index (χ1n) is 0. The Morgan fingerprint density at radius 3 is 0.800 bits per heavy atom. The molecule has 0 saturated heterocycles. The molecule has 0 unspecified atom stereocenters. The zero-order valence-corrected chi connectivity index (χ0v) is 8.96. The van der Waals surface area contributed by atoms with Crippen LogP contribution in [0.15, 0.2) is 0 Å². The standard InChI is InChI=1S/Ba.Mo.3H2O/h;;3*1H2/q+2;;;;/p-2. The third-order valence-corrected chi connectivity index (χ3v) is 0. The Morgan fingerprint density at radius 2 is 0.800 bits per heavy atom. The van der Waals surface area contributed by atoms with Crippen molar-refractivity contribution in [2.45, 2.75) is 0 Å². The minimum atomic E-state index is 0. The Kier molecular flexibility index (Phi) is 416. The van der Waals surface area contributed by atoms with Crippen molar-refractivity contribution in [3.63, 3.8) is 0 Å². The fraction of sp³-hybridized carbons (Fsp3) is 0. The van der Waals surface area contributed by atoms with Gasteiger partial charge in [-0.25, -0.2) is 0 Å². The third kappa shape index (κ3) is 23.0. The molecular weight excluding hydrogens is 281 g/mol. The molecule has 0 aliphatic rings. The molecule has 0 saturated carbocycles. The van der Waals surface area contributed by atoms with Crippen molar-refractivity contribution in [1.82, 2.24) is 0 Å². The van der Waals surface area contributed by atoms with E-state index in [9.17, 15) is 0 Å². The summed E-state index contributed by atoms with van der Waals surface area (Å²) in [5, 5.41) is 0. The molecule has 4 N–H and O–H groups in total. The van der Waals surface area contributed by atoms with Crippen LogP contribution in [0, 0.1) is 0 Å². The second-order valence-corrected chi connectivity index (χ2v) is 0. The van der Waals surface area contributed by atoms with Crippen LogP contribution in [-0.2, 0) is 21.1 Å². The van der Waals surface area contributed by atoms with E-state index in [4.69, 9.17) is 0 Å². The Morgan fingerprint density at radius 1 is 0.800 bits per heavy atom. The molecule has 0 spiro atoms. The second kappa shape index (κ2) is 35.4. The van der Waals surface area contributed by atoms with Crippen LogP contribution >= 0.6 is 0 Å². The quantitative estimate of drug-likeness (QED) is 0.503. The predicted molar refractivity (Wildman–Crippen MR) is 13.2 cm³/mol. The molecular formula is H4BaMoO3. The summed E-state index contributed by atoms with van der Waals surface area (Å²) in [6, 6.07) is 0. The SMILES string of the molecule is O.[Ba+2].[Mo].[OH-].[OH-]. The van der Waals surface area contributed by atoms with E-state index in [0.29, 0.717) is 0 Å². The van der Waals surface area contributed by atoms with Crippen molar-refractivity contribution in [2.75, 3.05) is 0 Å². The number of hydrogen-bond acceptors (Lipinski definition) is 2. The van der Waals surface area contributed by atoms with Crippen LogP contribution in [0.5, 0.6) is 0 Å². The zero-order valence-electron chi connectivity index (χ0n) is 2.51. The van der Waals surface area contributed by atoms with E-state index in [1.807, 2.05) is 0 Å². The minimum Gasteiger partial charge on any atom is -0.870 e. The minimum absolute atomic E-state index is 0. The molecule has 0 atom stereocenters. The molecule has 0 aliphatic carbocycles. The topological polar surface area (TPSA) is 91.5 Å². The molecule has 0 aromatic rings. The molecule has 0 aliphatic heterocycles. The Labute approximate surface area is 84.8 Å². The van der Waals surface area contributed by atoms with Crippen LogP contribution in [0.25, 0.3) is 0 Å². The van der Waals surface area contributed by atoms with E-state index in [-0.39, 0.29) is 86.4 Å². The maximum absolute atomic E-state index is 0. The summed E-state index contributed by atoms with van der Waals surface area (Å²) in [7, 11) is 0. The van der Waals surface area contributed by atoms with Gasteiger partial charge in [-0.3, -0.25) is 0 Å². The summed E-state index contributed by atoms with van der Waals surface area (Å²) in [5.74, 6) is 0. The molecule has 0 aromatic carbocycles. The van der Waals surface area contributed by atoms with Crippen LogP contribution in [0.2, 0.25) is 0 Å². The Bertz CT molecular complexity index is 6.85.